The molecule has 1 unspecified atom stereocenters. The zero-order valence-electron chi connectivity index (χ0n) is 12.9. The van der Waals surface area contributed by atoms with Gasteiger partial charge < -0.3 is 9.47 Å². The van der Waals surface area contributed by atoms with Gasteiger partial charge in [-0.2, -0.15) is 0 Å². The standard InChI is InChI=1S/C16H21NO5/c1-4-5-6-15(11-12(2)3)22-16(18)21-14-9-7-13(8-10-14)17(19)20/h7-10,15H,2,4-6,11H2,1,3H3. The third-order valence-corrected chi connectivity index (χ3v) is 2.97. The van der Waals surface area contributed by atoms with E-state index in [2.05, 4.69) is 13.5 Å². The number of ether oxygens (including phenoxy) is 2. The molecular formula is C16H21NO5. The van der Waals surface area contributed by atoms with Crippen molar-refractivity contribution in [3.63, 3.8) is 0 Å². The van der Waals surface area contributed by atoms with Gasteiger partial charge in [-0.15, -0.1) is 6.58 Å². The predicted octanol–water partition coefficient (Wildman–Crippen LogP) is 4.64. The SMILES string of the molecule is C=C(C)CC(CCCC)OC(=O)Oc1ccc([N+](=O)[O-])cc1. The molecule has 0 saturated carbocycles. The third-order valence-electron chi connectivity index (χ3n) is 2.97. The second-order valence-corrected chi connectivity index (χ2v) is 5.15. The predicted molar refractivity (Wildman–Crippen MR) is 82.9 cm³/mol. The van der Waals surface area contributed by atoms with Crippen molar-refractivity contribution in [1.29, 1.82) is 0 Å². The van der Waals surface area contributed by atoms with Crippen LogP contribution in [0.25, 0.3) is 0 Å². The molecule has 1 aromatic rings. The highest BCUT2D eigenvalue weighted by Gasteiger charge is 2.16. The number of carbonyl (C=O) groups excluding carboxylic acids is 1. The number of nitro groups is 1. The number of hydrogen-bond acceptors (Lipinski definition) is 5. The van der Waals surface area contributed by atoms with E-state index >= 15 is 0 Å². The van der Waals surface area contributed by atoms with Gasteiger partial charge in [-0.3, -0.25) is 10.1 Å². The van der Waals surface area contributed by atoms with E-state index in [-0.39, 0.29) is 17.5 Å². The van der Waals surface area contributed by atoms with Crippen LogP contribution in [0.1, 0.15) is 39.5 Å². The molecule has 120 valence electrons. The molecule has 6 heteroatoms. The zero-order chi connectivity index (χ0) is 16.5. The lowest BCUT2D eigenvalue weighted by molar-refractivity contribution is -0.384. The summed E-state index contributed by atoms with van der Waals surface area (Å²) in [6.45, 7) is 7.77. The average molecular weight is 307 g/mol. The van der Waals surface area contributed by atoms with Gasteiger partial charge in [0.05, 0.1) is 4.92 Å². The zero-order valence-corrected chi connectivity index (χ0v) is 12.9. The third kappa shape index (κ3) is 6.39. The molecule has 0 fully saturated rings. The van der Waals surface area contributed by atoms with E-state index < -0.39 is 11.1 Å². The van der Waals surface area contributed by atoms with Gasteiger partial charge in [0.2, 0.25) is 0 Å². The number of rotatable bonds is 8. The van der Waals surface area contributed by atoms with Gasteiger partial charge in [0.15, 0.2) is 0 Å². The number of hydrogen-bond donors (Lipinski definition) is 0. The number of non-ortho nitro benzene ring substituents is 1. The molecule has 6 nitrogen and oxygen atoms in total. The highest BCUT2D eigenvalue weighted by atomic mass is 16.7. The van der Waals surface area contributed by atoms with Gasteiger partial charge in [0.1, 0.15) is 11.9 Å². The van der Waals surface area contributed by atoms with Gasteiger partial charge in [-0.25, -0.2) is 4.79 Å². The van der Waals surface area contributed by atoms with Crippen LogP contribution in [0.15, 0.2) is 36.4 Å². The summed E-state index contributed by atoms with van der Waals surface area (Å²) in [4.78, 5) is 21.8. The maximum atomic E-state index is 11.8. The molecule has 0 spiro atoms. The number of benzene rings is 1. The summed E-state index contributed by atoms with van der Waals surface area (Å²) in [5.41, 5.74) is 0.869. The van der Waals surface area contributed by atoms with Crippen molar-refractivity contribution < 1.29 is 19.2 Å². The molecule has 1 atom stereocenters. The smallest absolute Gasteiger partial charge is 0.430 e. The fraction of sp³-hybridized carbons (Fsp3) is 0.438. The number of nitro benzene ring substituents is 1. The summed E-state index contributed by atoms with van der Waals surface area (Å²) >= 11 is 0. The van der Waals surface area contributed by atoms with Crippen LogP contribution in [0, 0.1) is 10.1 Å². The van der Waals surface area contributed by atoms with Gasteiger partial charge in [-0.05, 0) is 25.5 Å². The quantitative estimate of drug-likeness (QED) is 0.230. The Hall–Kier alpha value is -2.37. The Labute approximate surface area is 129 Å². The van der Waals surface area contributed by atoms with Gasteiger partial charge >= 0.3 is 6.16 Å². The first-order chi connectivity index (χ1) is 10.4. The summed E-state index contributed by atoms with van der Waals surface area (Å²) < 4.78 is 10.3. The Bertz CT molecular complexity index is 524. The highest BCUT2D eigenvalue weighted by Crippen LogP contribution is 2.19. The topological polar surface area (TPSA) is 78.7 Å². The van der Waals surface area contributed by atoms with Crippen molar-refractivity contribution in [3.05, 3.63) is 46.5 Å². The van der Waals surface area contributed by atoms with Crippen LogP contribution in [-0.2, 0) is 4.74 Å². The number of nitrogens with zero attached hydrogens (tertiary/aromatic N) is 1. The number of carbonyl (C=O) groups is 1. The molecule has 0 aromatic heterocycles. The first-order valence-electron chi connectivity index (χ1n) is 7.19. The lowest BCUT2D eigenvalue weighted by atomic mass is 10.1. The van der Waals surface area contributed by atoms with Crippen LogP contribution in [0.5, 0.6) is 5.75 Å². The molecule has 0 bridgehead atoms. The molecule has 0 saturated heterocycles. The van der Waals surface area contributed by atoms with Crippen molar-refractivity contribution in [2.24, 2.45) is 0 Å². The summed E-state index contributed by atoms with van der Waals surface area (Å²) in [6.07, 6.45) is 2.23. The molecule has 1 aromatic carbocycles. The monoisotopic (exact) mass is 307 g/mol. The largest absolute Gasteiger partial charge is 0.514 e. The first-order valence-corrected chi connectivity index (χ1v) is 7.19. The molecular weight excluding hydrogens is 286 g/mol. The summed E-state index contributed by atoms with van der Waals surface area (Å²) in [7, 11) is 0. The normalized spacial score (nSPS) is 11.5. The van der Waals surface area contributed by atoms with Crippen LogP contribution >= 0.6 is 0 Å². The lowest BCUT2D eigenvalue weighted by Gasteiger charge is -2.17. The minimum Gasteiger partial charge on any atom is -0.430 e. The summed E-state index contributed by atoms with van der Waals surface area (Å²) in [5.74, 6) is 0.208. The molecule has 0 aliphatic carbocycles. The maximum absolute atomic E-state index is 11.8. The van der Waals surface area contributed by atoms with Crippen molar-refractivity contribution in [3.8, 4) is 5.75 Å². The molecule has 0 aliphatic rings. The van der Waals surface area contributed by atoms with E-state index in [1.54, 1.807) is 0 Å². The molecule has 22 heavy (non-hydrogen) atoms. The Kier molecular flexibility index (Phi) is 7.08. The first kappa shape index (κ1) is 17.7. The van der Waals surface area contributed by atoms with E-state index in [1.165, 1.54) is 24.3 Å². The maximum Gasteiger partial charge on any atom is 0.514 e. The van der Waals surface area contributed by atoms with Crippen molar-refractivity contribution in [2.45, 2.75) is 45.6 Å². The van der Waals surface area contributed by atoms with E-state index in [9.17, 15) is 14.9 Å². The van der Waals surface area contributed by atoms with Crippen molar-refractivity contribution >= 4 is 11.8 Å². The van der Waals surface area contributed by atoms with Crippen LogP contribution < -0.4 is 4.74 Å². The molecule has 0 heterocycles. The van der Waals surface area contributed by atoms with Crippen LogP contribution in [-0.4, -0.2) is 17.2 Å². The number of unbranched alkanes of at least 4 members (excludes halogenated alkanes) is 1. The Morgan fingerprint density at radius 1 is 1.36 bits per heavy atom. The van der Waals surface area contributed by atoms with E-state index in [1.807, 2.05) is 6.92 Å². The highest BCUT2D eigenvalue weighted by molar-refractivity contribution is 5.64. The summed E-state index contributed by atoms with van der Waals surface area (Å²) in [5, 5.41) is 10.5. The van der Waals surface area contributed by atoms with Crippen molar-refractivity contribution in [2.75, 3.05) is 0 Å². The lowest BCUT2D eigenvalue weighted by Crippen LogP contribution is -2.21. The summed E-state index contributed by atoms with van der Waals surface area (Å²) in [6, 6.07) is 5.26. The molecule has 1 rings (SSSR count). The second kappa shape index (κ2) is 8.81. The second-order valence-electron chi connectivity index (χ2n) is 5.15. The van der Waals surface area contributed by atoms with Gasteiger partial charge in [-0.1, -0.05) is 25.3 Å². The minimum atomic E-state index is -0.809. The fourth-order valence-corrected chi connectivity index (χ4v) is 1.92. The molecule has 0 N–H and O–H groups in total. The van der Waals surface area contributed by atoms with Crippen LogP contribution in [0.2, 0.25) is 0 Å². The Morgan fingerprint density at radius 3 is 2.50 bits per heavy atom. The average Bonchev–Trinajstić information content (AvgIpc) is 2.44. The van der Waals surface area contributed by atoms with Crippen LogP contribution in [0.3, 0.4) is 0 Å². The Morgan fingerprint density at radius 2 is 2.00 bits per heavy atom. The van der Waals surface area contributed by atoms with Gasteiger partial charge in [0.25, 0.3) is 5.69 Å². The minimum absolute atomic E-state index is 0.0659. The van der Waals surface area contributed by atoms with Crippen LogP contribution in [0.4, 0.5) is 10.5 Å². The van der Waals surface area contributed by atoms with Crippen molar-refractivity contribution in [1.82, 2.24) is 0 Å². The van der Waals surface area contributed by atoms with E-state index in [0.29, 0.717) is 6.42 Å². The molecule has 0 amide bonds. The molecule has 0 radical (unpaired) electrons. The van der Waals surface area contributed by atoms with Gasteiger partial charge in [0, 0.05) is 18.6 Å². The molecule has 0 aliphatic heterocycles. The Balaban J connectivity index is 2.58. The fourth-order valence-electron chi connectivity index (χ4n) is 1.92. The van der Waals surface area contributed by atoms with E-state index in [4.69, 9.17) is 9.47 Å². The van der Waals surface area contributed by atoms with E-state index in [0.717, 1.165) is 24.8 Å².